The zero-order valence-corrected chi connectivity index (χ0v) is 16.0. The van der Waals surface area contributed by atoms with Crippen LogP contribution in [0, 0.1) is 6.92 Å². The second-order valence-electron chi connectivity index (χ2n) is 6.12. The van der Waals surface area contributed by atoms with Crippen molar-refractivity contribution in [2.45, 2.75) is 44.9 Å². The molecule has 1 aliphatic rings. The maximum absolute atomic E-state index is 12.4. The zero-order valence-electron chi connectivity index (χ0n) is 14.4. The van der Waals surface area contributed by atoms with Gasteiger partial charge < -0.3 is 15.8 Å². The van der Waals surface area contributed by atoms with Gasteiger partial charge in [0, 0.05) is 12.1 Å². The molecule has 1 aliphatic heterocycles. The lowest BCUT2D eigenvalue weighted by Crippen LogP contribution is -2.36. The van der Waals surface area contributed by atoms with E-state index in [0.717, 1.165) is 34.0 Å². The molecule has 1 unspecified atom stereocenters. The van der Waals surface area contributed by atoms with Crippen LogP contribution in [0.15, 0.2) is 30.3 Å². The highest BCUT2D eigenvalue weighted by Crippen LogP contribution is 2.32. The molecular weight excluding hydrogens is 358 g/mol. The van der Waals surface area contributed by atoms with Crippen molar-refractivity contribution in [2.24, 2.45) is 5.73 Å². The summed E-state index contributed by atoms with van der Waals surface area (Å²) in [5, 5.41) is 4.03. The molecule has 3 N–H and O–H groups in total. The minimum absolute atomic E-state index is 0. The van der Waals surface area contributed by atoms with Gasteiger partial charge in [-0.1, -0.05) is 30.3 Å². The number of benzene rings is 1. The number of ether oxygens (including phenoxy) is 1. The normalized spacial score (nSPS) is 20.8. The Kier molecular flexibility index (Phi) is 6.95. The maximum atomic E-state index is 12.4. The van der Waals surface area contributed by atoms with Crippen molar-refractivity contribution in [3.05, 3.63) is 40.9 Å². The van der Waals surface area contributed by atoms with Crippen molar-refractivity contribution in [3.63, 3.8) is 0 Å². The monoisotopic (exact) mass is 381 g/mol. The predicted molar refractivity (Wildman–Crippen MR) is 103 cm³/mol. The Balaban J connectivity index is 0.00000225. The van der Waals surface area contributed by atoms with Gasteiger partial charge in [0.05, 0.1) is 22.7 Å². The first-order valence-corrected chi connectivity index (χ1v) is 9.08. The third-order valence-electron chi connectivity index (χ3n) is 4.27. The number of halogens is 1. The van der Waals surface area contributed by atoms with E-state index in [4.69, 9.17) is 10.5 Å². The summed E-state index contributed by atoms with van der Waals surface area (Å²) in [7, 11) is 0. The minimum Gasteiger partial charge on any atom is -0.364 e. The van der Waals surface area contributed by atoms with Gasteiger partial charge in [-0.25, -0.2) is 4.98 Å². The third kappa shape index (κ3) is 4.58. The zero-order chi connectivity index (χ0) is 17.1. The van der Waals surface area contributed by atoms with E-state index >= 15 is 0 Å². The molecule has 1 saturated heterocycles. The fourth-order valence-corrected chi connectivity index (χ4v) is 4.03. The first-order valence-electron chi connectivity index (χ1n) is 8.27. The number of carbonyl (C=O) groups excluding carboxylic acids is 1. The van der Waals surface area contributed by atoms with Gasteiger partial charge in [-0.15, -0.1) is 23.7 Å². The van der Waals surface area contributed by atoms with E-state index < -0.39 is 0 Å². The number of amides is 1. The molecule has 3 atom stereocenters. The SMILES string of the molecule is Cc1nc(-c2ccccc2)sc1C(C)NC(=O)[C@@H]1CC[C@H](CN)O1.Cl. The maximum Gasteiger partial charge on any atom is 0.249 e. The van der Waals surface area contributed by atoms with Crippen molar-refractivity contribution >= 4 is 29.7 Å². The molecule has 0 aliphatic carbocycles. The molecule has 0 spiro atoms. The molecule has 7 heteroatoms. The van der Waals surface area contributed by atoms with Crippen molar-refractivity contribution in [1.29, 1.82) is 0 Å². The molecule has 0 radical (unpaired) electrons. The first kappa shape index (κ1) is 19.8. The van der Waals surface area contributed by atoms with Crippen LogP contribution in [0.5, 0.6) is 0 Å². The highest BCUT2D eigenvalue weighted by Gasteiger charge is 2.31. The number of hydrogen-bond acceptors (Lipinski definition) is 5. The number of nitrogens with zero attached hydrogens (tertiary/aromatic N) is 1. The summed E-state index contributed by atoms with van der Waals surface area (Å²) in [5.41, 5.74) is 7.66. The summed E-state index contributed by atoms with van der Waals surface area (Å²) >= 11 is 1.62. The van der Waals surface area contributed by atoms with Crippen LogP contribution in [0.3, 0.4) is 0 Å². The molecule has 0 bridgehead atoms. The van der Waals surface area contributed by atoms with Crippen molar-refractivity contribution in [2.75, 3.05) is 6.54 Å². The summed E-state index contributed by atoms with van der Waals surface area (Å²) in [6.07, 6.45) is 1.20. The van der Waals surface area contributed by atoms with Crippen LogP contribution in [-0.2, 0) is 9.53 Å². The molecule has 2 aromatic rings. The standard InChI is InChI=1S/C18H23N3O2S.ClH/c1-11(20-17(22)15-9-8-14(10-19)23-15)16-12(2)21-18(24-16)13-6-4-3-5-7-13;/h3-7,11,14-15H,8-10,19H2,1-2H3,(H,20,22);1H/t11?,14-,15+;/m1./s1. The number of aromatic nitrogens is 1. The van der Waals surface area contributed by atoms with Gasteiger partial charge in [0.15, 0.2) is 0 Å². The fraction of sp³-hybridized carbons (Fsp3) is 0.444. The Morgan fingerprint density at radius 1 is 1.40 bits per heavy atom. The van der Waals surface area contributed by atoms with Crippen LogP contribution < -0.4 is 11.1 Å². The smallest absolute Gasteiger partial charge is 0.249 e. The van der Waals surface area contributed by atoms with Crippen LogP contribution >= 0.6 is 23.7 Å². The predicted octanol–water partition coefficient (Wildman–Crippen LogP) is 3.22. The lowest BCUT2D eigenvalue weighted by Gasteiger charge is -2.17. The molecule has 1 aromatic heterocycles. The Morgan fingerprint density at radius 2 is 2.12 bits per heavy atom. The summed E-state index contributed by atoms with van der Waals surface area (Å²) < 4.78 is 5.66. The van der Waals surface area contributed by atoms with Gasteiger partial charge in [-0.05, 0) is 26.7 Å². The highest BCUT2D eigenvalue weighted by molar-refractivity contribution is 7.15. The number of carbonyl (C=O) groups is 1. The average molecular weight is 382 g/mol. The van der Waals surface area contributed by atoms with E-state index in [0.29, 0.717) is 6.54 Å². The second kappa shape index (κ2) is 8.76. The lowest BCUT2D eigenvalue weighted by molar-refractivity contribution is -0.132. The molecule has 0 saturated carbocycles. The molecule has 3 rings (SSSR count). The molecule has 25 heavy (non-hydrogen) atoms. The van der Waals surface area contributed by atoms with Gasteiger partial charge in [0.25, 0.3) is 0 Å². The largest absolute Gasteiger partial charge is 0.364 e. The van der Waals surface area contributed by atoms with Crippen LogP contribution in [0.4, 0.5) is 0 Å². The van der Waals surface area contributed by atoms with E-state index in [1.54, 1.807) is 11.3 Å². The number of aryl methyl sites for hydroxylation is 1. The highest BCUT2D eigenvalue weighted by atomic mass is 35.5. The average Bonchev–Trinajstić information content (AvgIpc) is 3.22. The Hall–Kier alpha value is -1.47. The number of hydrogen-bond donors (Lipinski definition) is 2. The van der Waals surface area contributed by atoms with Crippen LogP contribution in [0.2, 0.25) is 0 Å². The van der Waals surface area contributed by atoms with Crippen LogP contribution in [0.1, 0.15) is 36.4 Å². The molecule has 136 valence electrons. The summed E-state index contributed by atoms with van der Waals surface area (Å²) in [4.78, 5) is 18.1. The van der Waals surface area contributed by atoms with Gasteiger partial charge in [0.1, 0.15) is 11.1 Å². The first-order chi connectivity index (χ1) is 11.6. The number of nitrogens with two attached hydrogens (primary N) is 1. The van der Waals surface area contributed by atoms with Gasteiger partial charge in [-0.2, -0.15) is 0 Å². The van der Waals surface area contributed by atoms with E-state index in [9.17, 15) is 4.79 Å². The summed E-state index contributed by atoms with van der Waals surface area (Å²) in [6, 6.07) is 10.00. The Morgan fingerprint density at radius 3 is 2.76 bits per heavy atom. The van der Waals surface area contributed by atoms with E-state index in [-0.39, 0.29) is 36.6 Å². The van der Waals surface area contributed by atoms with Gasteiger partial charge in [0.2, 0.25) is 5.91 Å². The van der Waals surface area contributed by atoms with E-state index in [2.05, 4.69) is 10.3 Å². The molecular formula is C18H24ClN3O2S. The van der Waals surface area contributed by atoms with Crippen molar-refractivity contribution < 1.29 is 9.53 Å². The molecule has 1 fully saturated rings. The van der Waals surface area contributed by atoms with Crippen LogP contribution in [-0.4, -0.2) is 29.6 Å². The van der Waals surface area contributed by atoms with Gasteiger partial charge >= 0.3 is 0 Å². The number of rotatable bonds is 5. The van der Waals surface area contributed by atoms with Crippen LogP contribution in [0.25, 0.3) is 10.6 Å². The van der Waals surface area contributed by atoms with E-state index in [1.165, 1.54) is 0 Å². The third-order valence-corrected chi connectivity index (χ3v) is 5.66. The Labute approximate surface area is 158 Å². The fourth-order valence-electron chi connectivity index (χ4n) is 2.96. The molecule has 2 heterocycles. The molecule has 1 aromatic carbocycles. The summed E-state index contributed by atoms with van der Waals surface area (Å²) in [6.45, 7) is 4.44. The van der Waals surface area contributed by atoms with Crippen molar-refractivity contribution in [1.82, 2.24) is 10.3 Å². The second-order valence-corrected chi connectivity index (χ2v) is 7.16. The minimum atomic E-state index is -0.386. The van der Waals surface area contributed by atoms with Gasteiger partial charge in [-0.3, -0.25) is 4.79 Å². The molecule has 5 nitrogen and oxygen atoms in total. The summed E-state index contributed by atoms with van der Waals surface area (Å²) in [5.74, 6) is -0.0625. The molecule has 1 amide bonds. The Bertz CT molecular complexity index is 708. The lowest BCUT2D eigenvalue weighted by atomic mass is 10.1. The topological polar surface area (TPSA) is 77.2 Å². The van der Waals surface area contributed by atoms with Crippen molar-refractivity contribution in [3.8, 4) is 10.6 Å². The number of thiazole rings is 1. The quantitative estimate of drug-likeness (QED) is 0.833. The van der Waals surface area contributed by atoms with E-state index in [1.807, 2.05) is 44.2 Å². The number of nitrogens with one attached hydrogen (secondary N) is 1.